The van der Waals surface area contributed by atoms with Gasteiger partial charge in [0.15, 0.2) is 0 Å². The van der Waals surface area contributed by atoms with E-state index in [2.05, 4.69) is 20.6 Å². The molecular formula is C21H20ClN5O4S. The van der Waals surface area contributed by atoms with Crippen LogP contribution in [0.1, 0.15) is 16.8 Å². The molecule has 32 heavy (non-hydrogen) atoms. The highest BCUT2D eigenvalue weighted by molar-refractivity contribution is 7.89. The molecule has 1 aliphatic heterocycles. The Kier molecular flexibility index (Phi) is 6.35. The Morgan fingerprint density at radius 3 is 2.75 bits per heavy atom. The Hall–Kier alpha value is -3.08. The second-order valence-electron chi connectivity index (χ2n) is 7.32. The highest BCUT2D eigenvalue weighted by atomic mass is 35.5. The van der Waals surface area contributed by atoms with E-state index in [0.717, 1.165) is 0 Å². The summed E-state index contributed by atoms with van der Waals surface area (Å²) in [4.78, 5) is 32.3. The van der Waals surface area contributed by atoms with E-state index in [1.54, 1.807) is 36.7 Å². The van der Waals surface area contributed by atoms with Gasteiger partial charge in [-0.05, 0) is 24.6 Å². The number of hydrogen-bond acceptors (Lipinski definition) is 6. The van der Waals surface area contributed by atoms with Crippen LogP contribution in [0.2, 0.25) is 5.02 Å². The lowest BCUT2D eigenvalue weighted by atomic mass is 10.2. The summed E-state index contributed by atoms with van der Waals surface area (Å²) < 4.78 is 27.9. The van der Waals surface area contributed by atoms with Gasteiger partial charge in [0, 0.05) is 54.7 Å². The molecule has 3 heterocycles. The van der Waals surface area contributed by atoms with Crippen LogP contribution in [0.5, 0.6) is 0 Å². The van der Waals surface area contributed by atoms with Gasteiger partial charge in [-0.3, -0.25) is 19.6 Å². The van der Waals surface area contributed by atoms with Gasteiger partial charge in [-0.2, -0.15) is 4.31 Å². The Bertz CT molecular complexity index is 1260. The van der Waals surface area contributed by atoms with Crippen molar-refractivity contribution in [3.63, 3.8) is 0 Å². The van der Waals surface area contributed by atoms with Gasteiger partial charge in [0.05, 0.1) is 22.0 Å². The summed E-state index contributed by atoms with van der Waals surface area (Å²) in [5.41, 5.74) is 0.349. The molecule has 0 radical (unpaired) electrons. The number of carbonyl (C=O) groups is 2. The Morgan fingerprint density at radius 1 is 1.12 bits per heavy atom. The standard InChI is InChI=1S/C21H20ClN5O4S/c22-17-11-24-9-14-3-1-5-18(20(14)17)32(30,31)27-8-6-16(13-27)26-19(28)12-25-21(29)15-4-2-7-23-10-15/h1-5,7,9-11,16H,6,8,12-13H2,(H,25,29)(H,26,28)/t16-/m0/s1. The van der Waals surface area contributed by atoms with Gasteiger partial charge in [0.2, 0.25) is 15.9 Å². The molecule has 3 aromatic rings. The summed E-state index contributed by atoms with van der Waals surface area (Å²) in [6.45, 7) is 0.168. The number of pyridine rings is 2. The molecule has 166 valence electrons. The highest BCUT2D eigenvalue weighted by Crippen LogP contribution is 2.32. The normalized spacial score (nSPS) is 16.7. The molecule has 2 aromatic heterocycles. The third-order valence-corrected chi connectivity index (χ3v) is 7.36. The number of hydrogen-bond donors (Lipinski definition) is 2. The number of halogens is 1. The number of nitrogens with one attached hydrogen (secondary N) is 2. The number of rotatable bonds is 6. The third kappa shape index (κ3) is 4.57. The van der Waals surface area contributed by atoms with Gasteiger partial charge < -0.3 is 10.6 Å². The summed E-state index contributed by atoms with van der Waals surface area (Å²) in [6.07, 6.45) is 6.39. The lowest BCUT2D eigenvalue weighted by molar-refractivity contribution is -0.120. The average molecular weight is 474 g/mol. The van der Waals surface area contributed by atoms with E-state index in [4.69, 9.17) is 11.6 Å². The second kappa shape index (κ2) is 9.19. The largest absolute Gasteiger partial charge is 0.350 e. The topological polar surface area (TPSA) is 121 Å². The number of amides is 2. The lowest BCUT2D eigenvalue weighted by Crippen LogP contribution is -2.43. The summed E-state index contributed by atoms with van der Waals surface area (Å²) in [7, 11) is -3.83. The van der Waals surface area contributed by atoms with Gasteiger partial charge >= 0.3 is 0 Å². The summed E-state index contributed by atoms with van der Waals surface area (Å²) in [6, 6.07) is 7.77. The smallest absolute Gasteiger partial charge is 0.253 e. The molecule has 1 aliphatic rings. The third-order valence-electron chi connectivity index (χ3n) is 5.17. The maximum Gasteiger partial charge on any atom is 0.253 e. The molecule has 1 atom stereocenters. The van der Waals surface area contributed by atoms with Crippen molar-refractivity contribution in [1.29, 1.82) is 0 Å². The molecule has 1 aromatic carbocycles. The molecule has 0 aliphatic carbocycles. The molecule has 0 spiro atoms. The van der Waals surface area contributed by atoms with Crippen LogP contribution in [-0.4, -0.2) is 60.2 Å². The van der Waals surface area contributed by atoms with Crippen molar-refractivity contribution in [2.75, 3.05) is 19.6 Å². The molecule has 1 fully saturated rings. The molecule has 2 N–H and O–H groups in total. The minimum Gasteiger partial charge on any atom is -0.350 e. The quantitative estimate of drug-likeness (QED) is 0.560. The van der Waals surface area contributed by atoms with E-state index in [1.165, 1.54) is 22.8 Å². The maximum absolute atomic E-state index is 13.3. The first kappa shape index (κ1) is 22.1. The van der Waals surface area contributed by atoms with Crippen LogP contribution in [0.25, 0.3) is 10.8 Å². The fourth-order valence-corrected chi connectivity index (χ4v) is 5.68. The lowest BCUT2D eigenvalue weighted by Gasteiger charge is -2.19. The van der Waals surface area contributed by atoms with Crippen molar-refractivity contribution >= 4 is 44.2 Å². The fourth-order valence-electron chi connectivity index (χ4n) is 3.62. The number of carbonyl (C=O) groups excluding carboxylic acids is 2. The number of fused-ring (bicyclic) bond motifs is 1. The van der Waals surface area contributed by atoms with E-state index in [9.17, 15) is 18.0 Å². The van der Waals surface area contributed by atoms with E-state index in [-0.39, 0.29) is 35.6 Å². The number of sulfonamides is 1. The second-order valence-corrected chi connectivity index (χ2v) is 9.63. The van der Waals surface area contributed by atoms with Crippen LogP contribution in [0.4, 0.5) is 0 Å². The van der Waals surface area contributed by atoms with Crippen molar-refractivity contribution in [1.82, 2.24) is 24.9 Å². The van der Waals surface area contributed by atoms with Gasteiger partial charge in [0.25, 0.3) is 5.91 Å². The van der Waals surface area contributed by atoms with Crippen molar-refractivity contribution in [2.45, 2.75) is 17.4 Å². The van der Waals surface area contributed by atoms with Crippen LogP contribution >= 0.6 is 11.6 Å². The predicted octanol–water partition coefficient (Wildman–Crippen LogP) is 1.59. The van der Waals surface area contributed by atoms with Gasteiger partial charge in [-0.25, -0.2) is 8.42 Å². The number of benzene rings is 1. The van der Waals surface area contributed by atoms with Crippen molar-refractivity contribution in [2.24, 2.45) is 0 Å². The first-order valence-electron chi connectivity index (χ1n) is 9.86. The average Bonchev–Trinajstić information content (AvgIpc) is 3.27. The minimum atomic E-state index is -3.83. The Balaban J connectivity index is 1.39. The van der Waals surface area contributed by atoms with Gasteiger partial charge in [-0.15, -0.1) is 0 Å². The van der Waals surface area contributed by atoms with Crippen molar-refractivity contribution in [3.05, 3.63) is 65.7 Å². The fraction of sp³-hybridized carbons (Fsp3) is 0.238. The first-order chi connectivity index (χ1) is 15.4. The molecule has 1 saturated heterocycles. The van der Waals surface area contributed by atoms with E-state index >= 15 is 0 Å². The van der Waals surface area contributed by atoms with E-state index in [0.29, 0.717) is 22.8 Å². The monoisotopic (exact) mass is 473 g/mol. The zero-order chi connectivity index (χ0) is 22.7. The Labute approximate surface area is 189 Å². The zero-order valence-electron chi connectivity index (χ0n) is 16.9. The summed E-state index contributed by atoms with van der Waals surface area (Å²) in [5.74, 6) is -0.808. The van der Waals surface area contributed by atoms with Crippen LogP contribution in [0.15, 0.2) is 60.0 Å². The van der Waals surface area contributed by atoms with Crippen LogP contribution in [-0.2, 0) is 14.8 Å². The summed E-state index contributed by atoms with van der Waals surface area (Å²) >= 11 is 6.24. The molecule has 9 nitrogen and oxygen atoms in total. The molecule has 11 heteroatoms. The van der Waals surface area contributed by atoms with E-state index < -0.39 is 21.8 Å². The van der Waals surface area contributed by atoms with Crippen LogP contribution in [0, 0.1) is 0 Å². The SMILES string of the molecule is O=C(CNC(=O)c1cccnc1)N[C@H]1CCN(S(=O)(=O)c2cccc3cncc(Cl)c23)C1. The van der Waals surface area contributed by atoms with Gasteiger partial charge in [-0.1, -0.05) is 23.7 Å². The molecule has 2 amide bonds. The maximum atomic E-state index is 13.3. The molecular weight excluding hydrogens is 454 g/mol. The predicted molar refractivity (Wildman–Crippen MR) is 119 cm³/mol. The molecule has 4 rings (SSSR count). The zero-order valence-corrected chi connectivity index (χ0v) is 18.4. The highest BCUT2D eigenvalue weighted by Gasteiger charge is 2.34. The van der Waals surface area contributed by atoms with Gasteiger partial charge in [0.1, 0.15) is 0 Å². The number of aromatic nitrogens is 2. The van der Waals surface area contributed by atoms with Crippen LogP contribution in [0.3, 0.4) is 0 Å². The van der Waals surface area contributed by atoms with Crippen molar-refractivity contribution < 1.29 is 18.0 Å². The minimum absolute atomic E-state index is 0.109. The van der Waals surface area contributed by atoms with Crippen molar-refractivity contribution in [3.8, 4) is 0 Å². The number of nitrogens with zero attached hydrogens (tertiary/aromatic N) is 3. The first-order valence-corrected chi connectivity index (χ1v) is 11.7. The summed E-state index contributed by atoms with van der Waals surface area (Å²) in [5, 5.41) is 6.62. The molecule has 0 bridgehead atoms. The molecule has 0 unspecified atom stereocenters. The molecule has 0 saturated carbocycles. The van der Waals surface area contributed by atoms with Crippen LogP contribution < -0.4 is 10.6 Å². The Morgan fingerprint density at radius 2 is 1.97 bits per heavy atom. The van der Waals surface area contributed by atoms with E-state index in [1.807, 2.05) is 0 Å².